The maximum absolute atomic E-state index is 12.3. The fraction of sp³-hybridized carbons (Fsp3) is 0.130. The van der Waals surface area contributed by atoms with Crippen molar-refractivity contribution in [2.75, 3.05) is 29.7 Å². The average Bonchev–Trinajstić information content (AvgIpc) is 2.75. The molecule has 7 nitrogen and oxygen atoms in total. The van der Waals surface area contributed by atoms with Crippen molar-refractivity contribution in [3.63, 3.8) is 0 Å². The molecule has 0 heterocycles. The van der Waals surface area contributed by atoms with E-state index in [-0.39, 0.29) is 5.56 Å². The van der Waals surface area contributed by atoms with Crippen LogP contribution in [0.15, 0.2) is 72.8 Å². The number of para-hydroxylation sites is 1. The fourth-order valence-electron chi connectivity index (χ4n) is 3.01. The highest BCUT2D eigenvalue weighted by molar-refractivity contribution is 6.01. The lowest BCUT2D eigenvalue weighted by molar-refractivity contribution is 0.0997. The summed E-state index contributed by atoms with van der Waals surface area (Å²) in [5.41, 5.74) is 8.95. The quantitative estimate of drug-likeness (QED) is 0.553. The van der Waals surface area contributed by atoms with E-state index in [1.807, 2.05) is 49.5 Å². The Morgan fingerprint density at radius 2 is 1.57 bits per heavy atom. The number of carbonyl (C=O) groups excluding carboxylic acids is 2. The molecule has 0 aliphatic heterocycles. The molecule has 0 atom stereocenters. The molecular formula is C23H24N4O3. The van der Waals surface area contributed by atoms with Crippen molar-refractivity contribution in [1.29, 1.82) is 0 Å². The largest absolute Gasteiger partial charge is 0.496 e. The Labute approximate surface area is 175 Å². The Kier molecular flexibility index (Phi) is 6.54. The minimum Gasteiger partial charge on any atom is -0.496 e. The summed E-state index contributed by atoms with van der Waals surface area (Å²) in [7, 11) is 3.47. The number of hydrogen-bond donors (Lipinski definition) is 3. The minimum absolute atomic E-state index is 0.250. The molecule has 0 fully saturated rings. The number of anilines is 3. The van der Waals surface area contributed by atoms with Crippen LogP contribution in [0.5, 0.6) is 5.75 Å². The highest BCUT2D eigenvalue weighted by Gasteiger charge is 2.11. The van der Waals surface area contributed by atoms with Gasteiger partial charge in [0, 0.05) is 36.7 Å². The van der Waals surface area contributed by atoms with E-state index in [2.05, 4.69) is 27.7 Å². The van der Waals surface area contributed by atoms with E-state index < -0.39 is 11.9 Å². The molecule has 3 rings (SSSR count). The molecule has 3 aromatic rings. The van der Waals surface area contributed by atoms with Crippen molar-refractivity contribution >= 4 is 29.0 Å². The number of primary amides is 1. The maximum Gasteiger partial charge on any atom is 0.323 e. The molecule has 0 unspecified atom stereocenters. The third-order valence-corrected chi connectivity index (χ3v) is 4.55. The van der Waals surface area contributed by atoms with Crippen LogP contribution in [-0.2, 0) is 6.54 Å². The van der Waals surface area contributed by atoms with Crippen LogP contribution < -0.4 is 26.0 Å². The number of methoxy groups -OCH3 is 1. The number of ether oxygens (including phenoxy) is 1. The number of benzene rings is 3. The molecule has 0 saturated heterocycles. The molecule has 3 aromatic carbocycles. The third kappa shape index (κ3) is 5.29. The molecular weight excluding hydrogens is 380 g/mol. The van der Waals surface area contributed by atoms with Crippen LogP contribution >= 0.6 is 0 Å². The molecule has 4 N–H and O–H groups in total. The van der Waals surface area contributed by atoms with Gasteiger partial charge in [0.1, 0.15) is 5.75 Å². The summed E-state index contributed by atoms with van der Waals surface area (Å²) in [6, 6.07) is 22.0. The van der Waals surface area contributed by atoms with E-state index in [0.29, 0.717) is 17.1 Å². The normalized spacial score (nSPS) is 10.2. The van der Waals surface area contributed by atoms with E-state index in [1.54, 1.807) is 12.1 Å². The molecule has 30 heavy (non-hydrogen) atoms. The predicted octanol–water partition coefficient (Wildman–Crippen LogP) is 4.07. The summed E-state index contributed by atoms with van der Waals surface area (Å²) in [4.78, 5) is 25.8. The number of amides is 3. The molecule has 0 saturated carbocycles. The number of urea groups is 1. The zero-order chi connectivity index (χ0) is 21.5. The molecule has 0 radical (unpaired) electrons. The Balaban J connectivity index is 1.59. The standard InChI is InChI=1S/C23H24N4O3/c1-27(19-6-4-3-5-7-19)15-16-8-10-17(11-9-16)25-23(29)26-18-12-13-20(22(24)28)21(14-18)30-2/h3-14H,15H2,1-2H3,(H2,24,28)(H2,25,26,29). The molecule has 0 bridgehead atoms. The SMILES string of the molecule is COc1cc(NC(=O)Nc2ccc(CN(C)c3ccccc3)cc2)ccc1C(N)=O. The van der Waals surface area contributed by atoms with Gasteiger partial charge in [-0.15, -0.1) is 0 Å². The van der Waals surface area contributed by atoms with Gasteiger partial charge in [-0.1, -0.05) is 30.3 Å². The van der Waals surface area contributed by atoms with Crippen LogP contribution in [0, 0.1) is 0 Å². The van der Waals surface area contributed by atoms with Gasteiger partial charge in [0.2, 0.25) is 0 Å². The molecule has 0 aromatic heterocycles. The van der Waals surface area contributed by atoms with Crippen LogP contribution in [0.3, 0.4) is 0 Å². The highest BCUT2D eigenvalue weighted by atomic mass is 16.5. The van der Waals surface area contributed by atoms with Crippen molar-refractivity contribution < 1.29 is 14.3 Å². The summed E-state index contributed by atoms with van der Waals surface area (Å²) in [5.74, 6) is -0.298. The maximum atomic E-state index is 12.3. The van der Waals surface area contributed by atoms with E-state index in [1.165, 1.54) is 13.2 Å². The van der Waals surface area contributed by atoms with Crippen molar-refractivity contribution in [1.82, 2.24) is 0 Å². The van der Waals surface area contributed by atoms with Gasteiger partial charge in [-0.05, 0) is 42.0 Å². The molecule has 3 amide bonds. The van der Waals surface area contributed by atoms with Crippen molar-refractivity contribution in [2.24, 2.45) is 5.73 Å². The van der Waals surface area contributed by atoms with Crippen LogP contribution in [0.25, 0.3) is 0 Å². The lowest BCUT2D eigenvalue weighted by Crippen LogP contribution is -2.20. The van der Waals surface area contributed by atoms with E-state index in [9.17, 15) is 9.59 Å². The lowest BCUT2D eigenvalue weighted by atomic mass is 10.1. The Bertz CT molecular complexity index is 1020. The molecule has 7 heteroatoms. The molecule has 154 valence electrons. The second-order valence-corrected chi connectivity index (χ2v) is 6.75. The van der Waals surface area contributed by atoms with Gasteiger partial charge < -0.3 is 26.0 Å². The summed E-state index contributed by atoms with van der Waals surface area (Å²) < 4.78 is 5.15. The first-order valence-electron chi connectivity index (χ1n) is 9.37. The first-order valence-corrected chi connectivity index (χ1v) is 9.37. The molecule has 0 aliphatic rings. The first kappa shape index (κ1) is 20.7. The Morgan fingerprint density at radius 3 is 2.20 bits per heavy atom. The van der Waals surface area contributed by atoms with E-state index in [4.69, 9.17) is 10.5 Å². The molecule has 0 aliphatic carbocycles. The Morgan fingerprint density at radius 1 is 0.933 bits per heavy atom. The zero-order valence-corrected chi connectivity index (χ0v) is 16.9. The van der Waals surface area contributed by atoms with Crippen molar-refractivity contribution in [3.05, 3.63) is 83.9 Å². The monoisotopic (exact) mass is 404 g/mol. The summed E-state index contributed by atoms with van der Waals surface area (Å²) in [6.45, 7) is 0.752. The second-order valence-electron chi connectivity index (χ2n) is 6.75. The van der Waals surface area contributed by atoms with E-state index >= 15 is 0 Å². The van der Waals surface area contributed by atoms with Crippen LogP contribution in [-0.4, -0.2) is 26.1 Å². The average molecular weight is 404 g/mol. The Hall–Kier alpha value is -4.00. The van der Waals surface area contributed by atoms with E-state index in [0.717, 1.165) is 17.8 Å². The van der Waals surface area contributed by atoms with Gasteiger partial charge in [-0.3, -0.25) is 4.79 Å². The van der Waals surface area contributed by atoms with Gasteiger partial charge >= 0.3 is 6.03 Å². The summed E-state index contributed by atoms with van der Waals surface area (Å²) in [6.07, 6.45) is 0. The number of hydrogen-bond acceptors (Lipinski definition) is 4. The third-order valence-electron chi connectivity index (χ3n) is 4.55. The topological polar surface area (TPSA) is 96.7 Å². The highest BCUT2D eigenvalue weighted by Crippen LogP contribution is 2.23. The van der Waals surface area contributed by atoms with Gasteiger partial charge in [0.15, 0.2) is 0 Å². The second kappa shape index (κ2) is 9.47. The summed E-state index contributed by atoms with van der Waals surface area (Å²) in [5, 5.41) is 5.49. The van der Waals surface area contributed by atoms with Gasteiger partial charge in [-0.25, -0.2) is 4.79 Å². The predicted molar refractivity (Wildman–Crippen MR) is 119 cm³/mol. The van der Waals surface area contributed by atoms with Crippen LogP contribution in [0.2, 0.25) is 0 Å². The van der Waals surface area contributed by atoms with Crippen molar-refractivity contribution in [3.8, 4) is 5.75 Å². The minimum atomic E-state index is -0.596. The van der Waals surface area contributed by atoms with Crippen LogP contribution in [0.1, 0.15) is 15.9 Å². The van der Waals surface area contributed by atoms with Crippen LogP contribution in [0.4, 0.5) is 21.9 Å². The molecule has 0 spiro atoms. The number of nitrogens with two attached hydrogens (primary N) is 1. The lowest BCUT2D eigenvalue weighted by Gasteiger charge is -2.19. The number of carbonyl (C=O) groups is 2. The number of rotatable bonds is 7. The van der Waals surface area contributed by atoms with Gasteiger partial charge in [0.05, 0.1) is 12.7 Å². The summed E-state index contributed by atoms with van der Waals surface area (Å²) >= 11 is 0. The number of nitrogens with one attached hydrogen (secondary N) is 2. The van der Waals surface area contributed by atoms with Crippen molar-refractivity contribution in [2.45, 2.75) is 6.54 Å². The van der Waals surface area contributed by atoms with Gasteiger partial charge in [-0.2, -0.15) is 0 Å². The first-order chi connectivity index (χ1) is 14.5. The zero-order valence-electron chi connectivity index (χ0n) is 16.9. The number of nitrogens with zero attached hydrogens (tertiary/aromatic N) is 1. The fourth-order valence-corrected chi connectivity index (χ4v) is 3.01. The smallest absolute Gasteiger partial charge is 0.323 e. The van der Waals surface area contributed by atoms with Gasteiger partial charge in [0.25, 0.3) is 5.91 Å².